The lowest BCUT2D eigenvalue weighted by molar-refractivity contribution is 0.462. The number of hydrogen-bond acceptors (Lipinski definition) is 4. The van der Waals surface area contributed by atoms with E-state index in [1.54, 1.807) is 17.7 Å². The zero-order chi connectivity index (χ0) is 13.2. The number of hydrogen-bond donors (Lipinski definition) is 1. The average molecular weight is 275 g/mol. The Morgan fingerprint density at radius 2 is 2.00 bits per heavy atom. The Morgan fingerprint density at radius 3 is 2.74 bits per heavy atom. The number of fused-ring (bicyclic) bond motifs is 1. The van der Waals surface area contributed by atoms with Crippen molar-refractivity contribution in [3.8, 4) is 0 Å². The highest BCUT2D eigenvalue weighted by Gasteiger charge is 2.16. The van der Waals surface area contributed by atoms with Gasteiger partial charge < -0.3 is 5.32 Å². The van der Waals surface area contributed by atoms with Crippen molar-refractivity contribution >= 4 is 27.4 Å². The van der Waals surface area contributed by atoms with Gasteiger partial charge in [0.2, 0.25) is 0 Å². The molecular weight excluding hydrogens is 254 g/mol. The zero-order valence-corrected chi connectivity index (χ0v) is 12.5. The molecule has 3 rings (SSSR count). The molecule has 0 aliphatic heterocycles. The third-order valence-electron chi connectivity index (χ3n) is 3.86. The molecule has 2 heterocycles. The van der Waals surface area contributed by atoms with Crippen LogP contribution in [0.5, 0.6) is 0 Å². The summed E-state index contributed by atoms with van der Waals surface area (Å²) in [6, 6.07) is 2.85. The highest BCUT2D eigenvalue weighted by atomic mass is 32.1. The van der Waals surface area contributed by atoms with Gasteiger partial charge in [-0.05, 0) is 24.8 Å². The molecule has 0 bridgehead atoms. The monoisotopic (exact) mass is 275 g/mol. The van der Waals surface area contributed by atoms with Crippen molar-refractivity contribution in [1.29, 1.82) is 0 Å². The number of anilines is 1. The van der Waals surface area contributed by atoms with Crippen molar-refractivity contribution in [2.24, 2.45) is 0 Å². The molecule has 4 heteroatoms. The summed E-state index contributed by atoms with van der Waals surface area (Å²) in [5.74, 6) is 1.58. The van der Waals surface area contributed by atoms with Gasteiger partial charge in [-0.3, -0.25) is 0 Å². The van der Waals surface area contributed by atoms with Gasteiger partial charge in [0.25, 0.3) is 0 Å². The third-order valence-corrected chi connectivity index (χ3v) is 5.21. The Balaban J connectivity index is 1.89. The highest BCUT2D eigenvalue weighted by molar-refractivity contribution is 7.18. The summed E-state index contributed by atoms with van der Waals surface area (Å²) in [7, 11) is 0. The molecule has 0 unspecified atom stereocenters. The highest BCUT2D eigenvalue weighted by Crippen LogP contribution is 2.33. The van der Waals surface area contributed by atoms with Gasteiger partial charge in [-0.25, -0.2) is 9.97 Å². The fourth-order valence-corrected chi connectivity index (χ4v) is 3.72. The summed E-state index contributed by atoms with van der Waals surface area (Å²) in [5.41, 5.74) is 0. The number of thiophene rings is 1. The van der Waals surface area contributed by atoms with Crippen LogP contribution in [-0.2, 0) is 0 Å². The smallest absolute Gasteiger partial charge is 0.138 e. The van der Waals surface area contributed by atoms with Gasteiger partial charge in [-0.15, -0.1) is 11.3 Å². The minimum absolute atomic E-state index is 0.557. The van der Waals surface area contributed by atoms with Gasteiger partial charge in [-0.1, -0.05) is 33.1 Å². The maximum absolute atomic E-state index is 4.46. The van der Waals surface area contributed by atoms with Crippen molar-refractivity contribution < 1.29 is 0 Å². The maximum Gasteiger partial charge on any atom is 0.138 e. The molecule has 1 aliphatic rings. The topological polar surface area (TPSA) is 37.8 Å². The first kappa shape index (κ1) is 12.9. The average Bonchev–Trinajstić information content (AvgIpc) is 2.85. The predicted octanol–water partition coefficient (Wildman–Crippen LogP) is 4.56. The molecule has 0 atom stereocenters. The van der Waals surface area contributed by atoms with E-state index in [1.807, 2.05) is 0 Å². The van der Waals surface area contributed by atoms with Gasteiger partial charge in [0, 0.05) is 10.9 Å². The molecule has 0 amide bonds. The molecule has 0 spiro atoms. The van der Waals surface area contributed by atoms with Crippen molar-refractivity contribution in [1.82, 2.24) is 9.97 Å². The van der Waals surface area contributed by atoms with Crippen LogP contribution in [-0.4, -0.2) is 16.0 Å². The summed E-state index contributed by atoms with van der Waals surface area (Å²) in [6.45, 7) is 4.46. The number of rotatable bonds is 3. The Kier molecular flexibility index (Phi) is 3.69. The SMILES string of the molecule is CC(C)c1cc2c(NC3CCCCC3)ncnc2s1. The van der Waals surface area contributed by atoms with Crippen molar-refractivity contribution in [3.05, 3.63) is 17.3 Å². The summed E-state index contributed by atoms with van der Waals surface area (Å²) in [6.07, 6.45) is 8.29. The van der Waals surface area contributed by atoms with Gasteiger partial charge >= 0.3 is 0 Å². The lowest BCUT2D eigenvalue weighted by Crippen LogP contribution is -2.22. The van der Waals surface area contributed by atoms with Crippen LogP contribution in [0.25, 0.3) is 10.2 Å². The molecule has 1 fully saturated rings. The summed E-state index contributed by atoms with van der Waals surface area (Å²) < 4.78 is 0. The van der Waals surface area contributed by atoms with Crippen LogP contribution < -0.4 is 5.32 Å². The molecule has 19 heavy (non-hydrogen) atoms. The van der Waals surface area contributed by atoms with E-state index in [2.05, 4.69) is 35.2 Å². The zero-order valence-electron chi connectivity index (χ0n) is 11.6. The standard InChI is InChI=1S/C15H21N3S/c1-10(2)13-8-12-14(16-9-17-15(12)19-13)18-11-6-4-3-5-7-11/h8-11H,3-7H2,1-2H3,(H,16,17,18). The van der Waals surface area contributed by atoms with E-state index < -0.39 is 0 Å². The van der Waals surface area contributed by atoms with Crippen LogP contribution in [0.4, 0.5) is 5.82 Å². The van der Waals surface area contributed by atoms with Gasteiger partial charge in [0.1, 0.15) is 17.0 Å². The molecule has 2 aromatic heterocycles. The van der Waals surface area contributed by atoms with Crippen LogP contribution in [0.1, 0.15) is 56.7 Å². The molecule has 1 N–H and O–H groups in total. The normalized spacial score (nSPS) is 17.2. The first-order valence-corrected chi connectivity index (χ1v) is 8.06. The number of nitrogens with zero attached hydrogens (tertiary/aromatic N) is 2. The summed E-state index contributed by atoms with van der Waals surface area (Å²) >= 11 is 1.79. The molecule has 0 aromatic carbocycles. The second kappa shape index (κ2) is 5.45. The van der Waals surface area contributed by atoms with Crippen molar-refractivity contribution in [3.63, 3.8) is 0 Å². The molecule has 3 nitrogen and oxygen atoms in total. The number of nitrogens with one attached hydrogen (secondary N) is 1. The maximum atomic E-state index is 4.46. The summed E-state index contributed by atoms with van der Waals surface area (Å²) in [4.78, 5) is 11.4. The Morgan fingerprint density at radius 1 is 1.21 bits per heavy atom. The lowest BCUT2D eigenvalue weighted by Gasteiger charge is -2.23. The molecule has 1 saturated carbocycles. The van der Waals surface area contributed by atoms with E-state index in [9.17, 15) is 0 Å². The predicted molar refractivity (Wildman–Crippen MR) is 82.0 cm³/mol. The molecular formula is C15H21N3S. The first-order valence-electron chi connectivity index (χ1n) is 7.25. The van der Waals surface area contributed by atoms with Crippen LogP contribution >= 0.6 is 11.3 Å². The van der Waals surface area contributed by atoms with Crippen LogP contribution in [0.3, 0.4) is 0 Å². The quantitative estimate of drug-likeness (QED) is 0.892. The minimum Gasteiger partial charge on any atom is -0.367 e. The summed E-state index contributed by atoms with van der Waals surface area (Å²) in [5, 5.41) is 4.83. The molecule has 0 saturated heterocycles. The van der Waals surface area contributed by atoms with Crippen LogP contribution in [0.2, 0.25) is 0 Å². The van der Waals surface area contributed by atoms with Gasteiger partial charge in [-0.2, -0.15) is 0 Å². The van der Waals surface area contributed by atoms with Crippen molar-refractivity contribution in [2.75, 3.05) is 5.32 Å². The Hall–Kier alpha value is -1.16. The molecule has 0 radical (unpaired) electrons. The van der Waals surface area contributed by atoms with E-state index in [1.165, 1.54) is 42.4 Å². The van der Waals surface area contributed by atoms with Gasteiger partial charge in [0.15, 0.2) is 0 Å². The number of aromatic nitrogens is 2. The third kappa shape index (κ3) is 2.73. The van der Waals surface area contributed by atoms with Crippen molar-refractivity contribution in [2.45, 2.75) is 57.9 Å². The molecule has 1 aliphatic carbocycles. The second-order valence-corrected chi connectivity index (χ2v) is 6.79. The molecule has 102 valence electrons. The van der Waals surface area contributed by atoms with Gasteiger partial charge in [0.05, 0.1) is 5.39 Å². The Labute approximate surface area is 118 Å². The minimum atomic E-state index is 0.557. The van der Waals surface area contributed by atoms with Crippen LogP contribution in [0, 0.1) is 0 Å². The molecule has 2 aromatic rings. The largest absolute Gasteiger partial charge is 0.367 e. The van der Waals surface area contributed by atoms with E-state index in [0.29, 0.717) is 12.0 Å². The fraction of sp³-hybridized carbons (Fsp3) is 0.600. The van der Waals surface area contributed by atoms with E-state index in [4.69, 9.17) is 0 Å². The van der Waals surface area contributed by atoms with E-state index in [-0.39, 0.29) is 0 Å². The lowest BCUT2D eigenvalue weighted by atomic mass is 9.95. The van der Waals surface area contributed by atoms with Crippen LogP contribution in [0.15, 0.2) is 12.4 Å². The second-order valence-electron chi connectivity index (χ2n) is 5.72. The Bertz CT molecular complexity index is 556. The van der Waals surface area contributed by atoms with E-state index in [0.717, 1.165) is 10.6 Å². The fourth-order valence-electron chi connectivity index (χ4n) is 2.71. The first-order chi connectivity index (χ1) is 9.24. The van der Waals surface area contributed by atoms with E-state index >= 15 is 0 Å².